The molecule has 0 radical (unpaired) electrons. The Bertz CT molecular complexity index is 1120. The van der Waals surface area contributed by atoms with Crippen LogP contribution in [0, 0.1) is 17.3 Å². The number of carbonyl (C=O) groups is 1. The fourth-order valence-corrected chi connectivity index (χ4v) is 9.28. The van der Waals surface area contributed by atoms with Gasteiger partial charge in [-0.1, -0.05) is 49.4 Å². The first kappa shape index (κ1) is 28.2. The Morgan fingerprint density at radius 1 is 1.07 bits per heavy atom. The maximum atomic E-state index is 14.7. The van der Waals surface area contributed by atoms with Gasteiger partial charge in [0.1, 0.15) is 12.7 Å². The number of rotatable bonds is 7. The van der Waals surface area contributed by atoms with Crippen molar-refractivity contribution in [1.82, 2.24) is 24.6 Å². The number of benzene rings is 1. The molecule has 2 bridgehead atoms. The van der Waals surface area contributed by atoms with Crippen LogP contribution in [-0.2, 0) is 17.8 Å². The third-order valence-electron chi connectivity index (χ3n) is 11.4. The molecule has 6 rings (SSSR count). The van der Waals surface area contributed by atoms with Crippen molar-refractivity contribution in [1.29, 1.82) is 0 Å². The number of carbonyl (C=O) groups excluding carboxylic acids is 1. The number of amides is 1. The molecule has 3 unspecified atom stereocenters. The zero-order valence-electron chi connectivity index (χ0n) is 24.2. The summed E-state index contributed by atoms with van der Waals surface area (Å²) in [6.45, 7) is 2.57. The summed E-state index contributed by atoms with van der Waals surface area (Å²) < 4.78 is 2.04. The molecular formula is C32H47ClN6O. The van der Waals surface area contributed by atoms with Crippen LogP contribution in [0.1, 0.15) is 82.6 Å². The average molecular weight is 567 g/mol. The molecule has 2 N–H and O–H groups in total. The highest BCUT2D eigenvalue weighted by Crippen LogP contribution is 2.49. The van der Waals surface area contributed by atoms with Crippen LogP contribution >= 0.6 is 11.6 Å². The molecule has 4 aliphatic rings. The van der Waals surface area contributed by atoms with Gasteiger partial charge in [0.15, 0.2) is 0 Å². The smallest absolute Gasteiger partial charge is 0.227 e. The van der Waals surface area contributed by atoms with Gasteiger partial charge in [-0.3, -0.25) is 14.4 Å². The van der Waals surface area contributed by atoms with E-state index < -0.39 is 0 Å². The van der Waals surface area contributed by atoms with Crippen molar-refractivity contribution in [3.8, 4) is 0 Å². The van der Waals surface area contributed by atoms with Crippen LogP contribution < -0.4 is 5.73 Å². The summed E-state index contributed by atoms with van der Waals surface area (Å²) in [7, 11) is 2.26. The topological polar surface area (TPSA) is 80.3 Å². The summed E-state index contributed by atoms with van der Waals surface area (Å²) in [4.78, 5) is 23.7. The molecule has 8 heteroatoms. The molecular weight excluding hydrogens is 520 g/mol. The van der Waals surface area contributed by atoms with Crippen LogP contribution in [0.25, 0.3) is 0 Å². The van der Waals surface area contributed by atoms with Gasteiger partial charge in [-0.25, -0.2) is 4.98 Å². The minimum atomic E-state index is -0.185. The van der Waals surface area contributed by atoms with E-state index in [0.29, 0.717) is 17.9 Å². The Kier molecular flexibility index (Phi) is 8.26. The summed E-state index contributed by atoms with van der Waals surface area (Å²) in [6, 6.07) is 8.75. The number of hydrogen-bond acceptors (Lipinski definition) is 5. The van der Waals surface area contributed by atoms with Gasteiger partial charge in [0.2, 0.25) is 5.91 Å². The molecule has 3 aliphatic heterocycles. The largest absolute Gasteiger partial charge is 0.342 e. The third kappa shape index (κ3) is 5.46. The Labute approximate surface area is 244 Å². The van der Waals surface area contributed by atoms with Gasteiger partial charge in [0.25, 0.3) is 0 Å². The minimum absolute atomic E-state index is 0.106. The van der Waals surface area contributed by atoms with Crippen LogP contribution in [-0.4, -0.2) is 68.2 Å². The highest BCUT2D eigenvalue weighted by atomic mass is 35.5. The van der Waals surface area contributed by atoms with E-state index in [0.717, 1.165) is 63.2 Å². The van der Waals surface area contributed by atoms with Crippen LogP contribution in [0.2, 0.25) is 5.02 Å². The number of nitrogens with two attached hydrogens (primary N) is 1. The molecule has 1 aliphatic carbocycles. The second kappa shape index (κ2) is 11.7. The first-order valence-electron chi connectivity index (χ1n) is 15.7. The van der Waals surface area contributed by atoms with Gasteiger partial charge in [0.05, 0.1) is 5.92 Å². The molecule has 40 heavy (non-hydrogen) atoms. The molecule has 3 saturated heterocycles. The monoisotopic (exact) mass is 566 g/mol. The quantitative estimate of drug-likeness (QED) is 0.490. The number of hydrogen-bond donors (Lipinski definition) is 1. The molecule has 1 amide bonds. The third-order valence-corrected chi connectivity index (χ3v) is 11.6. The molecule has 1 aromatic heterocycles. The minimum Gasteiger partial charge on any atom is -0.342 e. The first-order valence-corrected chi connectivity index (χ1v) is 16.1. The lowest BCUT2D eigenvalue weighted by molar-refractivity contribution is -0.151. The van der Waals surface area contributed by atoms with Crippen molar-refractivity contribution in [2.75, 3.05) is 20.1 Å². The van der Waals surface area contributed by atoms with Gasteiger partial charge in [-0.05, 0) is 93.9 Å². The van der Waals surface area contributed by atoms with E-state index in [1.807, 2.05) is 23.1 Å². The Morgan fingerprint density at radius 2 is 1.82 bits per heavy atom. The average Bonchev–Trinajstić information content (AvgIpc) is 3.47. The summed E-state index contributed by atoms with van der Waals surface area (Å²) in [5.41, 5.74) is 7.89. The Morgan fingerprint density at radius 3 is 2.52 bits per heavy atom. The van der Waals surface area contributed by atoms with E-state index in [2.05, 4.69) is 39.1 Å². The van der Waals surface area contributed by atoms with E-state index >= 15 is 0 Å². The van der Waals surface area contributed by atoms with Crippen LogP contribution in [0.15, 0.2) is 36.9 Å². The zero-order chi connectivity index (χ0) is 27.7. The Hall–Kier alpha value is -1.96. The van der Waals surface area contributed by atoms with E-state index in [-0.39, 0.29) is 22.9 Å². The number of halogens is 1. The molecule has 4 fully saturated rings. The zero-order valence-corrected chi connectivity index (χ0v) is 24.9. The number of likely N-dealkylation sites (tertiary alicyclic amines) is 1. The van der Waals surface area contributed by atoms with Crippen molar-refractivity contribution >= 4 is 17.5 Å². The van der Waals surface area contributed by atoms with Crippen molar-refractivity contribution in [2.45, 2.75) is 108 Å². The molecule has 1 saturated carbocycles. The predicted octanol–water partition coefficient (Wildman–Crippen LogP) is 5.32. The number of piperidine rings is 3. The Balaban J connectivity index is 1.26. The summed E-state index contributed by atoms with van der Waals surface area (Å²) in [6.07, 6.45) is 18.3. The molecule has 1 aromatic carbocycles. The van der Waals surface area contributed by atoms with Gasteiger partial charge in [0, 0.05) is 42.3 Å². The highest BCUT2D eigenvalue weighted by Gasteiger charge is 2.54. The molecule has 2 aromatic rings. The second-order valence-electron chi connectivity index (χ2n) is 13.5. The second-order valence-corrected chi connectivity index (χ2v) is 13.9. The van der Waals surface area contributed by atoms with E-state index in [1.54, 1.807) is 6.33 Å². The number of aromatic nitrogens is 3. The fourth-order valence-electron chi connectivity index (χ4n) is 9.15. The van der Waals surface area contributed by atoms with Crippen LogP contribution in [0.5, 0.6) is 0 Å². The van der Waals surface area contributed by atoms with Crippen LogP contribution in [0.4, 0.5) is 0 Å². The lowest BCUT2D eigenvalue weighted by Gasteiger charge is -2.59. The molecule has 218 valence electrons. The molecule has 0 spiro atoms. The SMILES string of the molecule is CN1C2CCCC1([C@@H](Cc1ccc(Cl)cc1)C(=O)N1CCC(Cn3cncn3)(C3CCCCC3)CC1)CC(N)C2. The highest BCUT2D eigenvalue weighted by molar-refractivity contribution is 6.30. The maximum Gasteiger partial charge on any atom is 0.227 e. The standard InChI is InChI=1S/C32H47ClN6O/c1-37-28-8-5-13-32(37,20-27(34)19-28)29(18-24-9-11-26(33)12-10-24)30(40)38-16-14-31(15-17-38,21-39-23-35-22-36-39)25-6-3-2-4-7-25/h9-12,22-23,25,27-29H,2-8,13-21,34H2,1H3/t27?,28?,29-,32?/m0/s1. The van der Waals surface area contributed by atoms with Crippen molar-refractivity contribution in [3.63, 3.8) is 0 Å². The molecule has 7 nitrogen and oxygen atoms in total. The van der Waals surface area contributed by atoms with Crippen LogP contribution in [0.3, 0.4) is 0 Å². The normalized spacial score (nSPS) is 30.2. The summed E-state index contributed by atoms with van der Waals surface area (Å²) >= 11 is 6.24. The van der Waals surface area contributed by atoms with Crippen molar-refractivity contribution < 1.29 is 4.79 Å². The van der Waals surface area contributed by atoms with Gasteiger partial charge >= 0.3 is 0 Å². The lowest BCUT2D eigenvalue weighted by atomic mass is 9.62. The van der Waals surface area contributed by atoms with E-state index in [4.69, 9.17) is 17.3 Å². The van der Waals surface area contributed by atoms with Gasteiger partial charge in [-0.15, -0.1) is 0 Å². The lowest BCUT2D eigenvalue weighted by Crippen LogP contribution is -2.68. The van der Waals surface area contributed by atoms with E-state index in [9.17, 15) is 4.79 Å². The summed E-state index contributed by atoms with van der Waals surface area (Å²) in [5.74, 6) is 0.924. The number of fused-ring (bicyclic) bond motifs is 2. The first-order chi connectivity index (χ1) is 19.4. The maximum absolute atomic E-state index is 14.7. The van der Waals surface area contributed by atoms with Gasteiger partial charge < -0.3 is 10.6 Å². The van der Waals surface area contributed by atoms with E-state index in [1.165, 1.54) is 50.5 Å². The number of nitrogens with zero attached hydrogens (tertiary/aromatic N) is 5. The van der Waals surface area contributed by atoms with Gasteiger partial charge in [-0.2, -0.15) is 5.10 Å². The van der Waals surface area contributed by atoms with Crippen molar-refractivity contribution in [3.05, 3.63) is 47.5 Å². The molecule has 4 heterocycles. The molecule has 4 atom stereocenters. The fraction of sp³-hybridized carbons (Fsp3) is 0.719. The van der Waals surface area contributed by atoms with Crippen molar-refractivity contribution in [2.24, 2.45) is 23.0 Å². The summed E-state index contributed by atoms with van der Waals surface area (Å²) in [5, 5.41) is 5.23. The predicted molar refractivity (Wildman–Crippen MR) is 159 cm³/mol.